The van der Waals surface area contributed by atoms with Crippen LogP contribution in [0, 0.1) is 0 Å². The quantitative estimate of drug-likeness (QED) is 0.846. The summed E-state index contributed by atoms with van der Waals surface area (Å²) in [5.74, 6) is -2.88. The molecule has 0 bridgehead atoms. The van der Waals surface area contributed by atoms with Gasteiger partial charge in [0.1, 0.15) is 5.84 Å². The Morgan fingerprint density at radius 2 is 1.83 bits per heavy atom. The summed E-state index contributed by atoms with van der Waals surface area (Å²) in [5, 5.41) is 1.80. The minimum absolute atomic E-state index is 0.0837. The van der Waals surface area contributed by atoms with Gasteiger partial charge in [-0.1, -0.05) is 43.2 Å². The lowest BCUT2D eigenvalue weighted by atomic mass is 10.1. The van der Waals surface area contributed by atoms with Gasteiger partial charge in [0.15, 0.2) is 5.76 Å². The molecule has 0 radical (unpaired) electrons. The third kappa shape index (κ3) is 3.20. The van der Waals surface area contributed by atoms with Gasteiger partial charge in [-0.2, -0.15) is 13.2 Å². The fraction of sp³-hybridized carbons (Fsp3) is 0.350. The molecule has 1 fully saturated rings. The first-order valence-corrected chi connectivity index (χ1v) is 9.25. The number of amidine groups is 1. The van der Waals surface area contributed by atoms with Crippen molar-refractivity contribution in [2.75, 3.05) is 0 Å². The number of amides is 2. The van der Waals surface area contributed by atoms with Crippen LogP contribution in [-0.2, 0) is 4.79 Å². The highest BCUT2D eigenvalue weighted by Crippen LogP contribution is 2.41. The van der Waals surface area contributed by atoms with Crippen molar-refractivity contribution in [3.8, 4) is 0 Å². The molecule has 4 rings (SSSR count). The van der Waals surface area contributed by atoms with Crippen molar-refractivity contribution in [2.24, 2.45) is 4.99 Å². The van der Waals surface area contributed by atoms with E-state index in [9.17, 15) is 22.8 Å². The molecule has 0 unspecified atom stereocenters. The number of rotatable bonds is 4. The van der Waals surface area contributed by atoms with Gasteiger partial charge in [-0.05, 0) is 25.0 Å². The van der Waals surface area contributed by atoms with Crippen LogP contribution in [0.1, 0.15) is 41.8 Å². The molecule has 2 amide bonds. The van der Waals surface area contributed by atoms with Crippen LogP contribution in [0.4, 0.5) is 13.2 Å². The van der Waals surface area contributed by atoms with Crippen LogP contribution >= 0.6 is 0 Å². The molecule has 1 aromatic carbocycles. The zero-order chi connectivity index (χ0) is 20.6. The second kappa shape index (κ2) is 7.06. The standard InChI is InChI=1S/C20H18F3N3O3/c21-20(22,23)19(25-17(27)15-11-6-12-29-15)18(28)26(14-9-4-5-10-14)16(24-19)13-7-2-1-3-8-13/h1-3,6-8,11-12,14H,4-5,9-10H2,(H,25,27)/t19-/m0/s1. The van der Waals surface area contributed by atoms with Crippen molar-refractivity contribution >= 4 is 17.6 Å². The number of benzene rings is 1. The maximum absolute atomic E-state index is 14.2. The topological polar surface area (TPSA) is 74.9 Å². The molecule has 1 atom stereocenters. The van der Waals surface area contributed by atoms with Crippen LogP contribution in [-0.4, -0.2) is 40.4 Å². The van der Waals surface area contributed by atoms with Crippen LogP contribution in [0.3, 0.4) is 0 Å². The SMILES string of the molecule is O=C(N[C@@]1(C(F)(F)F)N=C(c2ccccc2)N(C2CCCC2)C1=O)c1ccco1. The van der Waals surface area contributed by atoms with E-state index in [4.69, 9.17) is 4.42 Å². The van der Waals surface area contributed by atoms with E-state index >= 15 is 0 Å². The lowest BCUT2D eigenvalue weighted by Gasteiger charge is -2.31. The molecule has 1 N–H and O–H groups in total. The zero-order valence-electron chi connectivity index (χ0n) is 15.3. The van der Waals surface area contributed by atoms with E-state index in [0.29, 0.717) is 18.4 Å². The largest absolute Gasteiger partial charge is 0.459 e. The van der Waals surface area contributed by atoms with Crippen LogP contribution in [0.25, 0.3) is 0 Å². The summed E-state index contributed by atoms with van der Waals surface area (Å²) in [6.45, 7) is 0. The van der Waals surface area contributed by atoms with E-state index in [0.717, 1.165) is 24.0 Å². The van der Waals surface area contributed by atoms with Crippen LogP contribution in [0.2, 0.25) is 0 Å². The number of furan rings is 1. The maximum atomic E-state index is 14.2. The van der Waals surface area contributed by atoms with Crippen LogP contribution < -0.4 is 5.32 Å². The highest BCUT2D eigenvalue weighted by Gasteiger charge is 2.68. The van der Waals surface area contributed by atoms with Gasteiger partial charge < -0.3 is 9.73 Å². The van der Waals surface area contributed by atoms with Gasteiger partial charge in [-0.3, -0.25) is 14.5 Å². The van der Waals surface area contributed by atoms with Gasteiger partial charge in [-0.25, -0.2) is 4.99 Å². The van der Waals surface area contributed by atoms with E-state index in [1.807, 2.05) is 0 Å². The average molecular weight is 405 g/mol. The minimum Gasteiger partial charge on any atom is -0.459 e. The highest BCUT2D eigenvalue weighted by atomic mass is 19.4. The smallest absolute Gasteiger partial charge is 0.442 e. The number of hydrogen-bond donors (Lipinski definition) is 1. The maximum Gasteiger partial charge on any atom is 0.442 e. The van der Waals surface area contributed by atoms with Crippen molar-refractivity contribution in [2.45, 2.75) is 43.6 Å². The van der Waals surface area contributed by atoms with Crippen LogP contribution in [0.15, 0.2) is 58.1 Å². The molecule has 2 aliphatic rings. The second-order valence-electron chi connectivity index (χ2n) is 7.05. The molecule has 1 aliphatic carbocycles. The van der Waals surface area contributed by atoms with Crippen LogP contribution in [0.5, 0.6) is 0 Å². The van der Waals surface area contributed by atoms with Crippen molar-refractivity contribution in [3.63, 3.8) is 0 Å². The first-order valence-electron chi connectivity index (χ1n) is 9.25. The second-order valence-corrected chi connectivity index (χ2v) is 7.05. The Balaban J connectivity index is 1.82. The predicted octanol–water partition coefficient (Wildman–Crippen LogP) is 3.50. The molecule has 0 spiro atoms. The fourth-order valence-corrected chi connectivity index (χ4v) is 3.79. The molecule has 6 nitrogen and oxygen atoms in total. The summed E-state index contributed by atoms with van der Waals surface area (Å²) in [6, 6.07) is 10.4. The highest BCUT2D eigenvalue weighted by molar-refractivity contribution is 6.17. The zero-order valence-corrected chi connectivity index (χ0v) is 15.3. The summed E-state index contributed by atoms with van der Waals surface area (Å²) < 4.78 is 47.5. The molecule has 1 saturated carbocycles. The van der Waals surface area contributed by atoms with Gasteiger partial charge in [0.05, 0.1) is 6.26 Å². The average Bonchev–Trinajstić information content (AvgIpc) is 3.43. The Morgan fingerprint density at radius 3 is 2.41 bits per heavy atom. The number of hydrogen-bond acceptors (Lipinski definition) is 4. The van der Waals surface area contributed by atoms with E-state index < -0.39 is 29.7 Å². The summed E-state index contributed by atoms with van der Waals surface area (Å²) in [6.07, 6.45) is -1.19. The lowest BCUT2D eigenvalue weighted by Crippen LogP contribution is -2.64. The molecule has 1 aromatic heterocycles. The number of halogens is 3. The number of aliphatic imine (C=N–C) groups is 1. The summed E-state index contributed by atoms with van der Waals surface area (Å²) >= 11 is 0. The Labute approximate surface area is 164 Å². The normalized spacial score (nSPS) is 22.8. The van der Waals surface area contributed by atoms with Crippen molar-refractivity contribution in [3.05, 3.63) is 60.1 Å². The third-order valence-electron chi connectivity index (χ3n) is 5.20. The molecule has 9 heteroatoms. The number of carbonyl (C=O) groups is 2. The Morgan fingerprint density at radius 1 is 1.14 bits per heavy atom. The first-order chi connectivity index (χ1) is 13.8. The van der Waals surface area contributed by atoms with Gasteiger partial charge in [0.2, 0.25) is 0 Å². The van der Waals surface area contributed by atoms with Crippen molar-refractivity contribution in [1.82, 2.24) is 10.2 Å². The van der Waals surface area contributed by atoms with E-state index in [2.05, 4.69) is 4.99 Å². The predicted molar refractivity (Wildman–Crippen MR) is 97.0 cm³/mol. The van der Waals surface area contributed by atoms with Gasteiger partial charge >= 0.3 is 11.8 Å². The molecule has 2 heterocycles. The van der Waals surface area contributed by atoms with Gasteiger partial charge in [0.25, 0.3) is 11.8 Å². The minimum atomic E-state index is -5.14. The van der Waals surface area contributed by atoms with E-state index in [1.165, 1.54) is 12.1 Å². The number of carbonyl (C=O) groups excluding carboxylic acids is 2. The van der Waals surface area contributed by atoms with E-state index in [1.54, 1.807) is 35.6 Å². The summed E-state index contributed by atoms with van der Waals surface area (Å²) in [5.41, 5.74) is -3.02. The molecule has 1 aliphatic heterocycles. The molecular formula is C20H18F3N3O3. The molecule has 2 aromatic rings. The number of nitrogens with zero attached hydrogens (tertiary/aromatic N) is 2. The van der Waals surface area contributed by atoms with E-state index in [-0.39, 0.29) is 11.6 Å². The van der Waals surface area contributed by atoms with Gasteiger partial charge in [0, 0.05) is 11.6 Å². The molecule has 29 heavy (non-hydrogen) atoms. The lowest BCUT2D eigenvalue weighted by molar-refractivity contribution is -0.196. The fourth-order valence-electron chi connectivity index (χ4n) is 3.79. The number of alkyl halides is 3. The van der Waals surface area contributed by atoms with Crippen molar-refractivity contribution in [1.29, 1.82) is 0 Å². The summed E-state index contributed by atoms with van der Waals surface area (Å²) in [4.78, 5) is 30.5. The molecule has 152 valence electrons. The first kappa shape index (κ1) is 19.2. The Bertz CT molecular complexity index is 935. The monoisotopic (exact) mass is 405 g/mol. The number of nitrogens with one attached hydrogen (secondary N) is 1. The molecular weight excluding hydrogens is 387 g/mol. The molecule has 0 saturated heterocycles. The Kier molecular flexibility index (Phi) is 4.68. The van der Waals surface area contributed by atoms with Crippen molar-refractivity contribution < 1.29 is 27.2 Å². The van der Waals surface area contributed by atoms with Gasteiger partial charge in [-0.15, -0.1) is 0 Å². The summed E-state index contributed by atoms with van der Waals surface area (Å²) in [7, 11) is 0. The third-order valence-corrected chi connectivity index (χ3v) is 5.20. The Hall–Kier alpha value is -3.10.